The molecule has 2 atom stereocenters. The number of rotatable bonds is 4. The van der Waals surface area contributed by atoms with Crippen LogP contribution in [0.3, 0.4) is 0 Å². The van der Waals surface area contributed by atoms with E-state index in [0.29, 0.717) is 0 Å². The van der Waals surface area contributed by atoms with Crippen LogP contribution in [0.1, 0.15) is 5.56 Å². The van der Waals surface area contributed by atoms with E-state index >= 15 is 0 Å². The molecular weight excluding hydrogens is 405 g/mol. The molecule has 1 saturated heterocycles. The van der Waals surface area contributed by atoms with Crippen LogP contribution in [0.25, 0.3) is 0 Å². The van der Waals surface area contributed by atoms with Gasteiger partial charge >= 0.3 is 5.97 Å². The van der Waals surface area contributed by atoms with Crippen LogP contribution in [-0.2, 0) is 25.7 Å². The predicted octanol–water partition coefficient (Wildman–Crippen LogP) is 2.55. The van der Waals surface area contributed by atoms with E-state index in [1.54, 1.807) is 12.1 Å². The van der Waals surface area contributed by atoms with Gasteiger partial charge in [0.05, 0.1) is 5.69 Å². The van der Waals surface area contributed by atoms with E-state index in [2.05, 4.69) is 10.5 Å². The zero-order valence-electron chi connectivity index (χ0n) is 14.3. The number of fused-ring (bicyclic) bond motifs is 1. The second kappa shape index (κ2) is 7.26. The molecule has 1 N–H and O–H groups in total. The summed E-state index contributed by atoms with van der Waals surface area (Å²) in [4.78, 5) is 39.0. The standard InChI is InChI=1S/C19H13Cl2N3O4/c20-11-6-12(21)8-13(7-11)24-17(25)14-15(18(24)26)22-23-16(14)19(27)28-9-10-4-2-1-3-5-10/h1-8,14-15,22H,9H2/t14-,15-/m0/s1. The van der Waals surface area contributed by atoms with Crippen LogP contribution in [0.15, 0.2) is 53.6 Å². The summed E-state index contributed by atoms with van der Waals surface area (Å²) in [5.41, 5.74) is 3.47. The first kappa shape index (κ1) is 18.5. The van der Waals surface area contributed by atoms with Gasteiger partial charge in [-0.05, 0) is 23.8 Å². The molecule has 1 fully saturated rings. The Morgan fingerprint density at radius 2 is 1.75 bits per heavy atom. The molecule has 2 heterocycles. The number of hydrazone groups is 1. The lowest BCUT2D eigenvalue weighted by Gasteiger charge is -2.16. The fourth-order valence-corrected chi connectivity index (χ4v) is 3.69. The molecule has 7 nitrogen and oxygen atoms in total. The van der Waals surface area contributed by atoms with Crippen molar-refractivity contribution in [2.75, 3.05) is 4.90 Å². The molecular formula is C19H13Cl2N3O4. The van der Waals surface area contributed by atoms with Crippen LogP contribution < -0.4 is 10.3 Å². The fourth-order valence-electron chi connectivity index (χ4n) is 3.18. The van der Waals surface area contributed by atoms with Crippen molar-refractivity contribution in [3.05, 3.63) is 64.1 Å². The number of hydrogen-bond donors (Lipinski definition) is 1. The van der Waals surface area contributed by atoms with Crippen molar-refractivity contribution < 1.29 is 19.1 Å². The number of hydrogen-bond acceptors (Lipinski definition) is 6. The average Bonchev–Trinajstić information content (AvgIpc) is 3.20. The van der Waals surface area contributed by atoms with E-state index < -0.39 is 29.7 Å². The Labute approximate surface area is 169 Å². The first-order chi connectivity index (χ1) is 13.5. The van der Waals surface area contributed by atoms with E-state index in [1.165, 1.54) is 18.2 Å². The molecule has 0 radical (unpaired) electrons. The fraction of sp³-hybridized carbons (Fsp3) is 0.158. The van der Waals surface area contributed by atoms with Gasteiger partial charge in [0.25, 0.3) is 5.91 Å². The molecule has 9 heteroatoms. The van der Waals surface area contributed by atoms with Crippen LogP contribution in [-0.4, -0.2) is 29.5 Å². The lowest BCUT2D eigenvalue weighted by molar-refractivity contribution is -0.137. The Bertz CT molecular complexity index is 989. The third kappa shape index (κ3) is 3.23. The highest BCUT2D eigenvalue weighted by atomic mass is 35.5. The number of halogens is 2. The van der Waals surface area contributed by atoms with E-state index in [4.69, 9.17) is 27.9 Å². The average molecular weight is 418 g/mol. The molecule has 0 saturated carbocycles. The van der Waals surface area contributed by atoms with Crippen molar-refractivity contribution in [1.82, 2.24) is 5.43 Å². The number of esters is 1. The summed E-state index contributed by atoms with van der Waals surface area (Å²) in [6.45, 7) is 0.0336. The highest BCUT2D eigenvalue weighted by Crippen LogP contribution is 2.33. The number of benzene rings is 2. The van der Waals surface area contributed by atoms with Crippen LogP contribution in [0, 0.1) is 5.92 Å². The van der Waals surface area contributed by atoms with Gasteiger partial charge in [-0.1, -0.05) is 53.5 Å². The number of ether oxygens (including phenoxy) is 1. The molecule has 2 amide bonds. The minimum absolute atomic E-state index is 0.0336. The monoisotopic (exact) mass is 417 g/mol. The molecule has 2 aliphatic rings. The maximum absolute atomic E-state index is 12.9. The predicted molar refractivity (Wildman–Crippen MR) is 103 cm³/mol. The summed E-state index contributed by atoms with van der Waals surface area (Å²) in [7, 11) is 0. The zero-order chi connectivity index (χ0) is 19.8. The summed E-state index contributed by atoms with van der Waals surface area (Å²) in [5.74, 6) is -2.94. The molecule has 142 valence electrons. The molecule has 2 aliphatic heterocycles. The van der Waals surface area contributed by atoms with Crippen LogP contribution in [0.4, 0.5) is 5.69 Å². The first-order valence-electron chi connectivity index (χ1n) is 8.34. The van der Waals surface area contributed by atoms with Gasteiger partial charge in [-0.2, -0.15) is 5.10 Å². The third-order valence-corrected chi connectivity index (χ3v) is 4.89. The van der Waals surface area contributed by atoms with Gasteiger partial charge in [0.2, 0.25) is 5.91 Å². The van der Waals surface area contributed by atoms with Crippen molar-refractivity contribution in [3.8, 4) is 0 Å². The van der Waals surface area contributed by atoms with Gasteiger partial charge in [0, 0.05) is 10.0 Å². The number of anilines is 1. The van der Waals surface area contributed by atoms with Crippen LogP contribution in [0.2, 0.25) is 10.0 Å². The summed E-state index contributed by atoms with van der Waals surface area (Å²) >= 11 is 12.0. The summed E-state index contributed by atoms with van der Waals surface area (Å²) in [6.07, 6.45) is 0. The maximum atomic E-state index is 12.9. The van der Waals surface area contributed by atoms with Gasteiger partial charge in [-0.3, -0.25) is 15.0 Å². The Hall–Kier alpha value is -2.90. The minimum atomic E-state index is -1.06. The van der Waals surface area contributed by atoms with Gasteiger partial charge in [-0.15, -0.1) is 0 Å². The Morgan fingerprint density at radius 1 is 1.07 bits per heavy atom. The number of carbonyl (C=O) groups excluding carboxylic acids is 3. The summed E-state index contributed by atoms with van der Waals surface area (Å²) in [6, 6.07) is 12.5. The molecule has 4 rings (SSSR count). The lowest BCUT2D eigenvalue weighted by atomic mass is 9.99. The molecule has 0 unspecified atom stereocenters. The van der Waals surface area contributed by atoms with Crippen molar-refractivity contribution >= 4 is 52.4 Å². The van der Waals surface area contributed by atoms with Crippen LogP contribution in [0.5, 0.6) is 0 Å². The number of carbonyl (C=O) groups is 3. The summed E-state index contributed by atoms with van der Waals surface area (Å²) < 4.78 is 5.25. The topological polar surface area (TPSA) is 88.1 Å². The van der Waals surface area contributed by atoms with Crippen molar-refractivity contribution in [2.24, 2.45) is 11.0 Å². The first-order valence-corrected chi connectivity index (χ1v) is 9.09. The van der Waals surface area contributed by atoms with Crippen molar-refractivity contribution in [3.63, 3.8) is 0 Å². The molecule has 28 heavy (non-hydrogen) atoms. The maximum Gasteiger partial charge on any atom is 0.355 e. The van der Waals surface area contributed by atoms with Gasteiger partial charge in [-0.25, -0.2) is 9.69 Å². The number of nitrogens with zero attached hydrogens (tertiary/aromatic N) is 2. The summed E-state index contributed by atoms with van der Waals surface area (Å²) in [5, 5.41) is 4.43. The third-order valence-electron chi connectivity index (χ3n) is 4.45. The smallest absolute Gasteiger partial charge is 0.355 e. The molecule has 0 bridgehead atoms. The SMILES string of the molecule is O=C(OCc1ccccc1)C1=NN[C@@H]2C(=O)N(c3cc(Cl)cc(Cl)c3)C(=O)[C@H]12. The molecule has 0 aromatic heterocycles. The van der Waals surface area contributed by atoms with E-state index in [9.17, 15) is 14.4 Å². The van der Waals surface area contributed by atoms with Gasteiger partial charge in [0.1, 0.15) is 18.6 Å². The number of nitrogens with one attached hydrogen (secondary N) is 1. The van der Waals surface area contributed by atoms with Gasteiger partial charge in [0.15, 0.2) is 5.71 Å². The Morgan fingerprint density at radius 3 is 2.43 bits per heavy atom. The molecule has 0 aliphatic carbocycles. The van der Waals surface area contributed by atoms with Crippen molar-refractivity contribution in [2.45, 2.75) is 12.6 Å². The second-order valence-electron chi connectivity index (χ2n) is 6.28. The number of amides is 2. The highest BCUT2D eigenvalue weighted by molar-refractivity contribution is 6.46. The van der Waals surface area contributed by atoms with Crippen LogP contribution >= 0.6 is 23.2 Å². The van der Waals surface area contributed by atoms with Crippen molar-refractivity contribution in [1.29, 1.82) is 0 Å². The van der Waals surface area contributed by atoms with E-state index in [-0.39, 0.29) is 28.1 Å². The largest absolute Gasteiger partial charge is 0.456 e. The Kier molecular flexibility index (Phi) is 4.78. The second-order valence-corrected chi connectivity index (χ2v) is 7.16. The van der Waals surface area contributed by atoms with E-state index in [1.807, 2.05) is 18.2 Å². The van der Waals surface area contributed by atoms with Gasteiger partial charge < -0.3 is 4.74 Å². The number of imide groups is 1. The molecule has 0 spiro atoms. The molecule has 2 aromatic rings. The zero-order valence-corrected chi connectivity index (χ0v) is 15.8. The Balaban J connectivity index is 1.54. The quantitative estimate of drug-likeness (QED) is 0.609. The normalized spacial score (nSPS) is 20.6. The minimum Gasteiger partial charge on any atom is -0.456 e. The van der Waals surface area contributed by atoms with E-state index in [0.717, 1.165) is 10.5 Å². The molecule has 2 aromatic carbocycles. The lowest BCUT2D eigenvalue weighted by Crippen LogP contribution is -2.36. The highest BCUT2D eigenvalue weighted by Gasteiger charge is 2.55.